The first-order valence-electron chi connectivity index (χ1n) is 6.63. The van der Waals surface area contributed by atoms with Crippen LogP contribution in [-0.4, -0.2) is 55.2 Å². The van der Waals surface area contributed by atoms with Gasteiger partial charge >= 0.3 is 0 Å². The minimum atomic E-state index is 0.714. The summed E-state index contributed by atoms with van der Waals surface area (Å²) in [5.74, 6) is 0. The van der Waals surface area contributed by atoms with Crippen molar-refractivity contribution in [2.24, 2.45) is 0 Å². The summed E-state index contributed by atoms with van der Waals surface area (Å²) in [5.41, 5.74) is 1.24. The number of hydrogen-bond donors (Lipinski definition) is 1. The highest BCUT2D eigenvalue weighted by Crippen LogP contribution is 2.24. The van der Waals surface area contributed by atoms with Crippen LogP contribution < -0.4 is 10.2 Å². The van der Waals surface area contributed by atoms with Gasteiger partial charge in [-0.05, 0) is 28.4 Å². The Balaban J connectivity index is 1.64. The minimum Gasteiger partial charge on any atom is -0.369 e. The van der Waals surface area contributed by atoms with Gasteiger partial charge in [0.25, 0.3) is 0 Å². The van der Waals surface area contributed by atoms with Crippen molar-refractivity contribution in [3.8, 4) is 0 Å². The Kier molecular flexibility index (Phi) is 3.82. The molecular formula is C13H19BrN4. The average Bonchev–Trinajstić information content (AvgIpc) is 2.89. The average molecular weight is 311 g/mol. The lowest BCUT2D eigenvalue weighted by Gasteiger charge is -2.32. The van der Waals surface area contributed by atoms with Crippen LogP contribution in [0.5, 0.6) is 0 Å². The number of nitrogens with one attached hydrogen (secondary N) is 1. The van der Waals surface area contributed by atoms with Crippen LogP contribution in [0.25, 0.3) is 0 Å². The predicted molar refractivity (Wildman–Crippen MR) is 77.0 cm³/mol. The first-order valence-corrected chi connectivity index (χ1v) is 7.42. The molecular weight excluding hydrogens is 292 g/mol. The highest BCUT2D eigenvalue weighted by atomic mass is 79.9. The molecule has 0 saturated carbocycles. The number of pyridine rings is 1. The van der Waals surface area contributed by atoms with Crippen LogP contribution in [0.4, 0.5) is 5.69 Å². The zero-order chi connectivity index (χ0) is 12.4. The Hall–Kier alpha value is -0.650. The molecule has 3 rings (SSSR count). The summed E-state index contributed by atoms with van der Waals surface area (Å²) in [7, 11) is 0. The van der Waals surface area contributed by atoms with E-state index in [1.165, 1.54) is 25.2 Å². The topological polar surface area (TPSA) is 31.4 Å². The number of nitrogens with zero attached hydrogens (tertiary/aromatic N) is 3. The lowest BCUT2D eigenvalue weighted by atomic mass is 10.2. The molecule has 0 amide bonds. The Morgan fingerprint density at radius 2 is 2.06 bits per heavy atom. The number of halogens is 1. The van der Waals surface area contributed by atoms with Gasteiger partial charge in [0.05, 0.1) is 11.9 Å². The minimum absolute atomic E-state index is 0.714. The second-order valence-electron chi connectivity index (χ2n) is 5.04. The monoisotopic (exact) mass is 310 g/mol. The molecule has 0 radical (unpaired) electrons. The fourth-order valence-corrected chi connectivity index (χ4v) is 3.25. The number of hydrogen-bond acceptors (Lipinski definition) is 4. The number of rotatable bonds is 2. The molecule has 0 aromatic carbocycles. The first kappa shape index (κ1) is 12.4. The summed E-state index contributed by atoms with van der Waals surface area (Å²) in [6.45, 7) is 6.93. The van der Waals surface area contributed by atoms with E-state index in [-0.39, 0.29) is 0 Å². The molecule has 5 heteroatoms. The van der Waals surface area contributed by atoms with Crippen molar-refractivity contribution < 1.29 is 0 Å². The fourth-order valence-electron chi connectivity index (χ4n) is 2.90. The molecule has 1 atom stereocenters. The van der Waals surface area contributed by atoms with E-state index >= 15 is 0 Å². The molecule has 0 spiro atoms. The fraction of sp³-hybridized carbons (Fsp3) is 0.615. The first-order chi connectivity index (χ1) is 8.83. The third-order valence-electron chi connectivity index (χ3n) is 3.89. The van der Waals surface area contributed by atoms with Gasteiger partial charge in [-0.3, -0.25) is 9.88 Å². The SMILES string of the molecule is Brc1cncc(N2CCC(N3CCNCC3)C2)c1. The van der Waals surface area contributed by atoms with Gasteiger partial charge < -0.3 is 10.2 Å². The summed E-state index contributed by atoms with van der Waals surface area (Å²) in [6.07, 6.45) is 5.07. The summed E-state index contributed by atoms with van der Waals surface area (Å²) in [5, 5.41) is 3.42. The summed E-state index contributed by atoms with van der Waals surface area (Å²) in [4.78, 5) is 9.33. The Morgan fingerprint density at radius 3 is 2.83 bits per heavy atom. The van der Waals surface area contributed by atoms with Gasteiger partial charge in [-0.25, -0.2) is 0 Å². The Bertz CT molecular complexity index is 406. The lowest BCUT2D eigenvalue weighted by molar-refractivity contribution is 0.185. The van der Waals surface area contributed by atoms with Crippen molar-refractivity contribution in [3.05, 3.63) is 22.9 Å². The van der Waals surface area contributed by atoms with Gasteiger partial charge in [0, 0.05) is 56.0 Å². The van der Waals surface area contributed by atoms with Crippen LogP contribution in [0.1, 0.15) is 6.42 Å². The highest BCUT2D eigenvalue weighted by molar-refractivity contribution is 9.10. The van der Waals surface area contributed by atoms with Gasteiger partial charge in [-0.15, -0.1) is 0 Å². The second kappa shape index (κ2) is 5.55. The van der Waals surface area contributed by atoms with Gasteiger partial charge in [0.15, 0.2) is 0 Å². The maximum absolute atomic E-state index is 4.25. The summed E-state index contributed by atoms with van der Waals surface area (Å²) < 4.78 is 1.06. The molecule has 98 valence electrons. The summed E-state index contributed by atoms with van der Waals surface area (Å²) in [6, 6.07) is 2.87. The van der Waals surface area contributed by atoms with E-state index in [1.54, 1.807) is 0 Å². The van der Waals surface area contributed by atoms with E-state index in [2.05, 4.69) is 42.1 Å². The van der Waals surface area contributed by atoms with E-state index in [9.17, 15) is 0 Å². The van der Waals surface area contributed by atoms with E-state index in [4.69, 9.17) is 0 Å². The van der Waals surface area contributed by atoms with E-state index < -0.39 is 0 Å². The van der Waals surface area contributed by atoms with Crippen molar-refractivity contribution in [1.82, 2.24) is 15.2 Å². The van der Waals surface area contributed by atoms with Crippen molar-refractivity contribution in [2.75, 3.05) is 44.2 Å². The molecule has 1 unspecified atom stereocenters. The number of aromatic nitrogens is 1. The predicted octanol–water partition coefficient (Wildman–Crippen LogP) is 1.33. The molecule has 1 aromatic rings. The van der Waals surface area contributed by atoms with Crippen molar-refractivity contribution in [1.29, 1.82) is 0 Å². The quantitative estimate of drug-likeness (QED) is 0.893. The lowest BCUT2D eigenvalue weighted by Crippen LogP contribution is -2.49. The van der Waals surface area contributed by atoms with Crippen LogP contribution in [0.2, 0.25) is 0 Å². The molecule has 0 aliphatic carbocycles. The van der Waals surface area contributed by atoms with Crippen molar-refractivity contribution in [2.45, 2.75) is 12.5 Å². The number of piperazine rings is 1. The van der Waals surface area contributed by atoms with Crippen LogP contribution in [0, 0.1) is 0 Å². The van der Waals surface area contributed by atoms with Crippen molar-refractivity contribution >= 4 is 21.6 Å². The third-order valence-corrected chi connectivity index (χ3v) is 4.32. The maximum Gasteiger partial charge on any atom is 0.0564 e. The molecule has 2 aliphatic rings. The Morgan fingerprint density at radius 1 is 1.22 bits per heavy atom. The molecule has 2 aliphatic heterocycles. The molecule has 1 aromatic heterocycles. The Labute approximate surface area is 116 Å². The van der Waals surface area contributed by atoms with E-state index in [0.717, 1.165) is 30.7 Å². The molecule has 2 fully saturated rings. The zero-order valence-electron chi connectivity index (χ0n) is 10.5. The zero-order valence-corrected chi connectivity index (χ0v) is 12.1. The molecule has 2 saturated heterocycles. The standard InChI is InChI=1S/C13H19BrN4/c14-11-7-13(9-16-8-11)18-4-1-12(10-18)17-5-2-15-3-6-17/h7-9,12,15H,1-6,10H2. The second-order valence-corrected chi connectivity index (χ2v) is 5.95. The molecule has 1 N–H and O–H groups in total. The smallest absolute Gasteiger partial charge is 0.0564 e. The normalized spacial score (nSPS) is 25.6. The van der Waals surface area contributed by atoms with Gasteiger partial charge in [0.2, 0.25) is 0 Å². The molecule has 18 heavy (non-hydrogen) atoms. The van der Waals surface area contributed by atoms with Crippen LogP contribution in [0.3, 0.4) is 0 Å². The number of anilines is 1. The summed E-state index contributed by atoms with van der Waals surface area (Å²) >= 11 is 3.49. The van der Waals surface area contributed by atoms with Crippen molar-refractivity contribution in [3.63, 3.8) is 0 Å². The van der Waals surface area contributed by atoms with E-state index in [0.29, 0.717) is 6.04 Å². The molecule has 3 heterocycles. The maximum atomic E-state index is 4.25. The third kappa shape index (κ3) is 2.68. The van der Waals surface area contributed by atoms with Crippen LogP contribution in [0.15, 0.2) is 22.9 Å². The largest absolute Gasteiger partial charge is 0.369 e. The molecule has 0 bridgehead atoms. The van der Waals surface area contributed by atoms with Gasteiger partial charge in [0.1, 0.15) is 0 Å². The van der Waals surface area contributed by atoms with Crippen LogP contribution in [-0.2, 0) is 0 Å². The van der Waals surface area contributed by atoms with E-state index in [1.807, 2.05) is 12.4 Å². The van der Waals surface area contributed by atoms with Crippen LogP contribution >= 0.6 is 15.9 Å². The van der Waals surface area contributed by atoms with Gasteiger partial charge in [-0.1, -0.05) is 0 Å². The van der Waals surface area contributed by atoms with Gasteiger partial charge in [-0.2, -0.15) is 0 Å². The highest BCUT2D eigenvalue weighted by Gasteiger charge is 2.28. The molecule has 4 nitrogen and oxygen atoms in total.